The van der Waals surface area contributed by atoms with E-state index in [0.29, 0.717) is 18.1 Å². The van der Waals surface area contributed by atoms with Crippen molar-refractivity contribution in [3.8, 4) is 5.88 Å². The van der Waals surface area contributed by atoms with E-state index in [0.717, 1.165) is 19.4 Å². The lowest BCUT2D eigenvalue weighted by Gasteiger charge is -2.32. The molecule has 1 aliphatic heterocycles. The standard InChI is InChI=1S/C12H17N3O2/c1-9(16)15-7-3-4-10(8-15)17-12-11(13)5-2-6-14-12/h2,5-6,10H,3-4,7-8,13H2,1H3/t10-/m1/s1. The van der Waals surface area contributed by atoms with Gasteiger partial charge in [0.1, 0.15) is 6.10 Å². The molecule has 1 saturated heterocycles. The molecule has 5 heteroatoms. The SMILES string of the molecule is CC(=O)N1CCC[C@@H](Oc2ncccc2N)C1. The highest BCUT2D eigenvalue weighted by molar-refractivity contribution is 5.73. The summed E-state index contributed by atoms with van der Waals surface area (Å²) >= 11 is 0. The molecule has 1 aromatic heterocycles. The number of rotatable bonds is 2. The van der Waals surface area contributed by atoms with Gasteiger partial charge in [-0.15, -0.1) is 0 Å². The van der Waals surface area contributed by atoms with Crippen molar-refractivity contribution in [2.75, 3.05) is 18.8 Å². The lowest BCUT2D eigenvalue weighted by Crippen LogP contribution is -2.43. The number of nitrogens with two attached hydrogens (primary N) is 1. The van der Waals surface area contributed by atoms with Crippen molar-refractivity contribution in [3.63, 3.8) is 0 Å². The molecule has 0 aliphatic carbocycles. The van der Waals surface area contributed by atoms with Crippen LogP contribution in [0.4, 0.5) is 5.69 Å². The van der Waals surface area contributed by atoms with Gasteiger partial charge in [-0.1, -0.05) is 0 Å². The van der Waals surface area contributed by atoms with Crippen LogP contribution < -0.4 is 10.5 Å². The number of pyridine rings is 1. The van der Waals surface area contributed by atoms with Crippen LogP contribution in [0.3, 0.4) is 0 Å². The van der Waals surface area contributed by atoms with Crippen molar-refractivity contribution >= 4 is 11.6 Å². The fraction of sp³-hybridized carbons (Fsp3) is 0.500. The van der Waals surface area contributed by atoms with Crippen molar-refractivity contribution < 1.29 is 9.53 Å². The molecule has 2 heterocycles. The molecular weight excluding hydrogens is 218 g/mol. The third-order valence-electron chi connectivity index (χ3n) is 2.90. The van der Waals surface area contributed by atoms with Crippen molar-refractivity contribution in [1.82, 2.24) is 9.88 Å². The van der Waals surface area contributed by atoms with Gasteiger partial charge >= 0.3 is 0 Å². The van der Waals surface area contributed by atoms with E-state index in [4.69, 9.17) is 10.5 Å². The van der Waals surface area contributed by atoms with E-state index < -0.39 is 0 Å². The van der Waals surface area contributed by atoms with Crippen LogP contribution in [0, 0.1) is 0 Å². The van der Waals surface area contributed by atoms with Crippen LogP contribution in [0.25, 0.3) is 0 Å². The Morgan fingerprint density at radius 3 is 3.18 bits per heavy atom. The van der Waals surface area contributed by atoms with Gasteiger partial charge in [0.05, 0.1) is 12.2 Å². The van der Waals surface area contributed by atoms with Gasteiger partial charge in [-0.05, 0) is 25.0 Å². The second-order valence-corrected chi connectivity index (χ2v) is 4.24. The van der Waals surface area contributed by atoms with Gasteiger partial charge in [0, 0.05) is 19.7 Å². The summed E-state index contributed by atoms with van der Waals surface area (Å²) < 4.78 is 5.74. The highest BCUT2D eigenvalue weighted by Crippen LogP contribution is 2.21. The molecule has 0 bridgehead atoms. The smallest absolute Gasteiger partial charge is 0.237 e. The van der Waals surface area contributed by atoms with Crippen LogP contribution in [-0.2, 0) is 4.79 Å². The Morgan fingerprint density at radius 2 is 2.47 bits per heavy atom. The second-order valence-electron chi connectivity index (χ2n) is 4.24. The maximum Gasteiger partial charge on any atom is 0.237 e. The monoisotopic (exact) mass is 235 g/mol. The number of carbonyl (C=O) groups excluding carboxylic acids is 1. The summed E-state index contributed by atoms with van der Waals surface area (Å²) in [7, 11) is 0. The number of amides is 1. The van der Waals surface area contributed by atoms with Gasteiger partial charge in [-0.3, -0.25) is 4.79 Å². The predicted octanol–water partition coefficient (Wildman–Crippen LogP) is 1.05. The molecule has 0 unspecified atom stereocenters. The quantitative estimate of drug-likeness (QED) is 0.832. The van der Waals surface area contributed by atoms with Crippen LogP contribution >= 0.6 is 0 Å². The lowest BCUT2D eigenvalue weighted by atomic mass is 10.1. The zero-order valence-corrected chi connectivity index (χ0v) is 9.93. The summed E-state index contributed by atoms with van der Waals surface area (Å²) in [6.07, 6.45) is 3.53. The molecule has 1 aromatic rings. The summed E-state index contributed by atoms with van der Waals surface area (Å²) in [5, 5.41) is 0. The summed E-state index contributed by atoms with van der Waals surface area (Å²) in [6, 6.07) is 3.53. The van der Waals surface area contributed by atoms with Crippen LogP contribution in [0.1, 0.15) is 19.8 Å². The van der Waals surface area contributed by atoms with Gasteiger partial charge in [-0.2, -0.15) is 0 Å². The lowest BCUT2D eigenvalue weighted by molar-refractivity contribution is -0.131. The van der Waals surface area contributed by atoms with Gasteiger partial charge in [0.25, 0.3) is 0 Å². The zero-order valence-electron chi connectivity index (χ0n) is 9.93. The Labute approximate surface area is 101 Å². The zero-order chi connectivity index (χ0) is 12.3. The van der Waals surface area contributed by atoms with Gasteiger partial charge in [0.2, 0.25) is 11.8 Å². The summed E-state index contributed by atoms with van der Waals surface area (Å²) in [5.74, 6) is 0.551. The first-order chi connectivity index (χ1) is 8.16. The molecule has 2 N–H and O–H groups in total. The van der Waals surface area contributed by atoms with Gasteiger partial charge < -0.3 is 15.4 Å². The molecule has 17 heavy (non-hydrogen) atoms. The molecule has 1 amide bonds. The highest BCUT2D eigenvalue weighted by Gasteiger charge is 2.23. The number of likely N-dealkylation sites (tertiary alicyclic amines) is 1. The Kier molecular flexibility index (Phi) is 3.46. The second kappa shape index (κ2) is 5.03. The predicted molar refractivity (Wildman–Crippen MR) is 64.6 cm³/mol. The molecule has 1 aliphatic rings. The van der Waals surface area contributed by atoms with E-state index in [1.165, 1.54) is 0 Å². The molecule has 0 saturated carbocycles. The number of ether oxygens (including phenoxy) is 1. The molecule has 1 atom stereocenters. The number of nitrogens with zero attached hydrogens (tertiary/aromatic N) is 2. The first-order valence-electron chi connectivity index (χ1n) is 5.79. The fourth-order valence-electron chi connectivity index (χ4n) is 1.98. The number of hydrogen-bond acceptors (Lipinski definition) is 4. The number of nitrogen functional groups attached to an aromatic ring is 1. The van der Waals surface area contributed by atoms with Crippen LogP contribution in [0.15, 0.2) is 18.3 Å². The minimum atomic E-state index is -0.00940. The van der Waals surface area contributed by atoms with Crippen LogP contribution in [0.5, 0.6) is 5.88 Å². The number of hydrogen-bond donors (Lipinski definition) is 1. The minimum Gasteiger partial charge on any atom is -0.471 e. The van der Waals surface area contributed by atoms with E-state index in [-0.39, 0.29) is 12.0 Å². The Balaban J connectivity index is 1.99. The highest BCUT2D eigenvalue weighted by atomic mass is 16.5. The third-order valence-corrected chi connectivity index (χ3v) is 2.90. The average molecular weight is 235 g/mol. The molecule has 0 radical (unpaired) electrons. The molecule has 1 fully saturated rings. The maximum atomic E-state index is 11.3. The van der Waals surface area contributed by atoms with E-state index in [1.54, 1.807) is 30.2 Å². The number of aromatic nitrogens is 1. The number of carbonyl (C=O) groups is 1. The largest absolute Gasteiger partial charge is 0.471 e. The number of anilines is 1. The topological polar surface area (TPSA) is 68.5 Å². The third kappa shape index (κ3) is 2.87. The van der Waals surface area contributed by atoms with Gasteiger partial charge in [-0.25, -0.2) is 4.98 Å². The van der Waals surface area contributed by atoms with E-state index in [1.807, 2.05) is 0 Å². The van der Waals surface area contributed by atoms with E-state index in [9.17, 15) is 4.79 Å². The first kappa shape index (κ1) is 11.7. The van der Waals surface area contributed by atoms with Crippen LogP contribution in [-0.4, -0.2) is 35.0 Å². The van der Waals surface area contributed by atoms with Crippen molar-refractivity contribution in [2.24, 2.45) is 0 Å². The molecule has 0 aromatic carbocycles. The van der Waals surface area contributed by atoms with Crippen molar-refractivity contribution in [3.05, 3.63) is 18.3 Å². The molecule has 2 rings (SSSR count). The summed E-state index contributed by atoms with van der Waals surface area (Å²) in [4.78, 5) is 17.2. The Morgan fingerprint density at radius 1 is 1.65 bits per heavy atom. The van der Waals surface area contributed by atoms with Gasteiger partial charge in [0.15, 0.2) is 0 Å². The Hall–Kier alpha value is -1.78. The average Bonchev–Trinajstić information content (AvgIpc) is 2.32. The molecule has 0 spiro atoms. The Bertz CT molecular complexity index is 408. The first-order valence-corrected chi connectivity index (χ1v) is 5.79. The maximum absolute atomic E-state index is 11.3. The molecule has 5 nitrogen and oxygen atoms in total. The van der Waals surface area contributed by atoms with E-state index in [2.05, 4.69) is 4.98 Å². The fourth-order valence-corrected chi connectivity index (χ4v) is 1.98. The van der Waals surface area contributed by atoms with Crippen molar-refractivity contribution in [2.45, 2.75) is 25.9 Å². The summed E-state index contributed by atoms with van der Waals surface area (Å²) in [5.41, 5.74) is 6.30. The number of piperidine rings is 1. The van der Waals surface area contributed by atoms with Crippen LogP contribution in [0.2, 0.25) is 0 Å². The summed E-state index contributed by atoms with van der Waals surface area (Å²) in [6.45, 7) is 3.01. The minimum absolute atomic E-state index is 0.00940. The molecule has 92 valence electrons. The normalized spacial score (nSPS) is 20.1. The van der Waals surface area contributed by atoms with E-state index >= 15 is 0 Å². The molecular formula is C12H17N3O2. The van der Waals surface area contributed by atoms with Crippen molar-refractivity contribution in [1.29, 1.82) is 0 Å².